The van der Waals surface area contributed by atoms with E-state index in [0.29, 0.717) is 12.4 Å². The zero-order chi connectivity index (χ0) is 10.1. The molecule has 1 aromatic heterocycles. The molecule has 2 heterocycles. The molecule has 14 heavy (non-hydrogen) atoms. The van der Waals surface area contributed by atoms with Crippen LogP contribution in [0, 0.1) is 13.8 Å². The van der Waals surface area contributed by atoms with Gasteiger partial charge in [0.2, 0.25) is 0 Å². The van der Waals surface area contributed by atoms with Gasteiger partial charge in [-0.15, -0.1) is 11.3 Å². The molecule has 1 aliphatic rings. The Morgan fingerprint density at radius 2 is 2.29 bits per heavy atom. The predicted octanol–water partition coefficient (Wildman–Crippen LogP) is 2.70. The van der Waals surface area contributed by atoms with Crippen LogP contribution < -0.4 is 0 Å². The predicted molar refractivity (Wildman–Crippen MR) is 57.4 cm³/mol. The summed E-state index contributed by atoms with van der Waals surface area (Å²) in [6.45, 7) is 4.79. The number of rotatable bonds is 2. The lowest BCUT2D eigenvalue weighted by molar-refractivity contribution is 0.119. The summed E-state index contributed by atoms with van der Waals surface area (Å²) in [5, 5.41) is 10.0. The lowest BCUT2D eigenvalue weighted by Crippen LogP contribution is -2.02. The zero-order valence-corrected chi connectivity index (χ0v) is 9.23. The summed E-state index contributed by atoms with van der Waals surface area (Å²) in [6, 6.07) is 2.03. The van der Waals surface area contributed by atoms with Gasteiger partial charge < -0.3 is 9.84 Å². The molecule has 0 radical (unpaired) electrons. The van der Waals surface area contributed by atoms with Crippen molar-refractivity contribution in [2.24, 2.45) is 0 Å². The molecule has 1 N–H and O–H groups in total. The van der Waals surface area contributed by atoms with Crippen LogP contribution in [0.25, 0.3) is 0 Å². The lowest BCUT2D eigenvalue weighted by Gasteiger charge is -2.11. The molecule has 0 spiro atoms. The van der Waals surface area contributed by atoms with E-state index in [0.717, 1.165) is 12.0 Å². The maximum Gasteiger partial charge on any atom is 0.137 e. The molecule has 0 bridgehead atoms. The van der Waals surface area contributed by atoms with E-state index < -0.39 is 6.10 Å². The highest BCUT2D eigenvalue weighted by atomic mass is 32.1. The van der Waals surface area contributed by atoms with Crippen LogP contribution in [0.3, 0.4) is 0 Å². The van der Waals surface area contributed by atoms with Gasteiger partial charge in [-0.1, -0.05) is 0 Å². The van der Waals surface area contributed by atoms with Gasteiger partial charge in [0.15, 0.2) is 0 Å². The Hall–Kier alpha value is -0.800. The number of hydrogen-bond acceptors (Lipinski definition) is 3. The molecule has 3 heteroatoms. The molecule has 1 aliphatic heterocycles. The smallest absolute Gasteiger partial charge is 0.137 e. The van der Waals surface area contributed by atoms with E-state index in [1.165, 1.54) is 9.75 Å². The second-order valence-corrected chi connectivity index (χ2v) is 4.98. The summed E-state index contributed by atoms with van der Waals surface area (Å²) < 4.78 is 5.35. The molecule has 76 valence electrons. The third kappa shape index (κ3) is 1.70. The van der Waals surface area contributed by atoms with Crippen molar-refractivity contribution in [3.63, 3.8) is 0 Å². The van der Waals surface area contributed by atoms with Gasteiger partial charge in [-0.05, 0) is 26.0 Å². The zero-order valence-electron chi connectivity index (χ0n) is 8.41. The standard InChI is InChI=1S/C11H14O2S/c1-7-6-9(8(2)14-7)11(12)10-4-3-5-13-10/h4,6,11-12H,3,5H2,1-2H3. The molecule has 0 saturated heterocycles. The molecule has 0 aromatic carbocycles. The van der Waals surface area contributed by atoms with Crippen LogP contribution in [0.4, 0.5) is 0 Å². The number of aliphatic hydroxyl groups is 1. The summed E-state index contributed by atoms with van der Waals surface area (Å²) in [4.78, 5) is 2.40. The summed E-state index contributed by atoms with van der Waals surface area (Å²) in [5.41, 5.74) is 0.987. The van der Waals surface area contributed by atoms with E-state index >= 15 is 0 Å². The SMILES string of the molecule is Cc1cc(C(O)C2=CCCO2)c(C)s1. The third-order valence-corrected chi connectivity index (χ3v) is 3.36. The highest BCUT2D eigenvalue weighted by molar-refractivity contribution is 7.12. The number of aliphatic hydroxyl groups excluding tert-OH is 1. The van der Waals surface area contributed by atoms with Crippen LogP contribution in [0.5, 0.6) is 0 Å². The fourth-order valence-corrected chi connectivity index (χ4v) is 2.66. The van der Waals surface area contributed by atoms with E-state index in [2.05, 4.69) is 6.92 Å². The van der Waals surface area contributed by atoms with Gasteiger partial charge >= 0.3 is 0 Å². The first kappa shape index (κ1) is 9.74. The second-order valence-electron chi connectivity index (χ2n) is 3.51. The third-order valence-electron chi connectivity index (χ3n) is 2.38. The summed E-state index contributed by atoms with van der Waals surface area (Å²) >= 11 is 1.71. The summed E-state index contributed by atoms with van der Waals surface area (Å²) in [5.74, 6) is 0.714. The molecule has 1 unspecified atom stereocenters. The van der Waals surface area contributed by atoms with Crippen LogP contribution in [0.15, 0.2) is 17.9 Å². The van der Waals surface area contributed by atoms with Gasteiger partial charge in [0.25, 0.3) is 0 Å². The van der Waals surface area contributed by atoms with Gasteiger partial charge in [0.1, 0.15) is 11.9 Å². The Morgan fingerprint density at radius 3 is 2.79 bits per heavy atom. The first-order chi connectivity index (χ1) is 6.68. The van der Waals surface area contributed by atoms with Gasteiger partial charge in [0.05, 0.1) is 6.61 Å². The maximum absolute atomic E-state index is 10.0. The Kier molecular flexibility index (Phi) is 2.61. The number of aryl methyl sites for hydroxylation is 2. The lowest BCUT2D eigenvalue weighted by atomic mass is 10.1. The van der Waals surface area contributed by atoms with Crippen molar-refractivity contribution in [2.45, 2.75) is 26.4 Å². The van der Waals surface area contributed by atoms with Crippen molar-refractivity contribution in [1.29, 1.82) is 0 Å². The van der Waals surface area contributed by atoms with Crippen molar-refractivity contribution in [3.05, 3.63) is 33.2 Å². The van der Waals surface area contributed by atoms with Crippen molar-refractivity contribution in [1.82, 2.24) is 0 Å². The van der Waals surface area contributed by atoms with Crippen molar-refractivity contribution in [3.8, 4) is 0 Å². The first-order valence-electron chi connectivity index (χ1n) is 4.76. The second kappa shape index (κ2) is 3.75. The van der Waals surface area contributed by atoms with Crippen molar-refractivity contribution in [2.75, 3.05) is 6.61 Å². The van der Waals surface area contributed by atoms with Crippen LogP contribution in [0.1, 0.15) is 27.8 Å². The van der Waals surface area contributed by atoms with Gasteiger partial charge in [-0.3, -0.25) is 0 Å². The van der Waals surface area contributed by atoms with Crippen LogP contribution in [-0.2, 0) is 4.74 Å². The molecule has 2 rings (SSSR count). The topological polar surface area (TPSA) is 29.5 Å². The Bertz CT molecular complexity index is 365. The molecule has 2 nitrogen and oxygen atoms in total. The quantitative estimate of drug-likeness (QED) is 0.813. The number of hydrogen-bond donors (Lipinski definition) is 1. The average Bonchev–Trinajstić information content (AvgIpc) is 2.73. The van der Waals surface area contributed by atoms with Crippen LogP contribution in [-0.4, -0.2) is 11.7 Å². The molecule has 1 aromatic rings. The molecular weight excluding hydrogens is 196 g/mol. The Morgan fingerprint density at radius 1 is 1.50 bits per heavy atom. The van der Waals surface area contributed by atoms with Crippen molar-refractivity contribution < 1.29 is 9.84 Å². The molecule has 0 saturated carbocycles. The maximum atomic E-state index is 10.0. The highest BCUT2D eigenvalue weighted by Crippen LogP contribution is 2.32. The molecule has 0 fully saturated rings. The molecular formula is C11H14O2S. The van der Waals surface area contributed by atoms with E-state index in [-0.39, 0.29) is 0 Å². The minimum absolute atomic E-state index is 0.567. The van der Waals surface area contributed by atoms with E-state index in [9.17, 15) is 5.11 Å². The minimum atomic E-state index is -0.567. The molecule has 0 amide bonds. The first-order valence-corrected chi connectivity index (χ1v) is 5.58. The number of ether oxygens (including phenoxy) is 1. The average molecular weight is 210 g/mol. The Labute approximate surface area is 87.8 Å². The fraction of sp³-hybridized carbons (Fsp3) is 0.455. The van der Waals surface area contributed by atoms with E-state index in [4.69, 9.17) is 4.74 Å². The van der Waals surface area contributed by atoms with Crippen LogP contribution in [0.2, 0.25) is 0 Å². The minimum Gasteiger partial charge on any atom is -0.495 e. The summed E-state index contributed by atoms with van der Waals surface area (Å²) in [6.07, 6.45) is 2.31. The normalized spacial score (nSPS) is 17.8. The van der Waals surface area contributed by atoms with E-state index in [1.807, 2.05) is 19.1 Å². The monoisotopic (exact) mass is 210 g/mol. The molecule has 1 atom stereocenters. The van der Waals surface area contributed by atoms with Gasteiger partial charge in [-0.2, -0.15) is 0 Å². The van der Waals surface area contributed by atoms with Crippen LogP contribution >= 0.6 is 11.3 Å². The number of thiophene rings is 1. The van der Waals surface area contributed by atoms with Crippen molar-refractivity contribution >= 4 is 11.3 Å². The highest BCUT2D eigenvalue weighted by Gasteiger charge is 2.20. The van der Waals surface area contributed by atoms with Gasteiger partial charge in [-0.25, -0.2) is 0 Å². The van der Waals surface area contributed by atoms with Gasteiger partial charge in [0, 0.05) is 21.7 Å². The van der Waals surface area contributed by atoms with E-state index in [1.54, 1.807) is 11.3 Å². The fourth-order valence-electron chi connectivity index (χ4n) is 1.70. The Balaban J connectivity index is 2.25. The molecule has 0 aliphatic carbocycles. The largest absolute Gasteiger partial charge is 0.495 e. The summed E-state index contributed by atoms with van der Waals surface area (Å²) in [7, 11) is 0.